The van der Waals surface area contributed by atoms with Crippen molar-refractivity contribution in [1.29, 1.82) is 0 Å². The number of hydrogen-bond acceptors (Lipinski definition) is 6. The number of anilines is 1. The normalized spacial score (nSPS) is 10.7. The molecular weight excluding hydrogens is 438 g/mol. The maximum Gasteiger partial charge on any atom is 0.256 e. The molecule has 1 N–H and O–H groups in total. The minimum atomic E-state index is -0.285. The molecule has 3 aromatic carbocycles. The lowest BCUT2D eigenvalue weighted by Crippen LogP contribution is -2.16. The van der Waals surface area contributed by atoms with Crippen molar-refractivity contribution in [3.8, 4) is 28.4 Å². The Morgan fingerprint density at radius 1 is 0.879 bits per heavy atom. The average Bonchev–Trinajstić information content (AvgIpc) is 2.83. The fraction of sp³-hybridized carbons (Fsp3) is 0.154. The summed E-state index contributed by atoms with van der Waals surface area (Å²) in [6.07, 6.45) is 0. The van der Waals surface area contributed by atoms with E-state index in [1.807, 2.05) is 43.3 Å². The third-order valence-electron chi connectivity index (χ3n) is 5.37. The first-order valence-corrected chi connectivity index (χ1v) is 11.0. The fourth-order valence-corrected chi connectivity index (χ4v) is 4.81. The number of nitrogens with one attached hydrogen (secondary N) is 1. The number of benzene rings is 3. The van der Waals surface area contributed by atoms with Gasteiger partial charge in [0.25, 0.3) is 5.91 Å². The molecule has 6 nitrogen and oxygen atoms in total. The summed E-state index contributed by atoms with van der Waals surface area (Å²) in [5.74, 6) is 0.972. The molecule has 0 aliphatic carbocycles. The molecule has 0 saturated heterocycles. The second kappa shape index (κ2) is 9.34. The molecule has 1 aromatic heterocycles. The first kappa shape index (κ1) is 22.4. The number of fused-ring (bicyclic) bond motifs is 1. The van der Waals surface area contributed by atoms with Gasteiger partial charge in [0.05, 0.1) is 26.9 Å². The second-order valence-corrected chi connectivity index (χ2v) is 8.37. The monoisotopic (exact) mass is 461 g/mol. The predicted octanol–water partition coefficient (Wildman–Crippen LogP) is 5.52. The van der Waals surface area contributed by atoms with E-state index >= 15 is 0 Å². The zero-order chi connectivity index (χ0) is 23.5. The number of amides is 1. The van der Waals surface area contributed by atoms with Gasteiger partial charge in [-0.25, -0.2) is 0 Å². The average molecular weight is 462 g/mol. The van der Waals surface area contributed by atoms with Gasteiger partial charge in [-0.05, 0) is 48.4 Å². The van der Waals surface area contributed by atoms with E-state index < -0.39 is 0 Å². The van der Waals surface area contributed by atoms with Crippen molar-refractivity contribution in [1.82, 2.24) is 0 Å². The predicted molar refractivity (Wildman–Crippen MR) is 132 cm³/mol. The highest BCUT2D eigenvalue weighted by Crippen LogP contribution is 2.43. The van der Waals surface area contributed by atoms with Gasteiger partial charge in [-0.1, -0.05) is 30.3 Å². The molecule has 0 atom stereocenters. The van der Waals surface area contributed by atoms with Crippen molar-refractivity contribution in [3.05, 3.63) is 82.0 Å². The Balaban J connectivity index is 1.96. The van der Waals surface area contributed by atoms with Gasteiger partial charge in [-0.15, -0.1) is 11.3 Å². The Labute approximate surface area is 195 Å². The molecule has 33 heavy (non-hydrogen) atoms. The van der Waals surface area contributed by atoms with Crippen LogP contribution in [0.1, 0.15) is 15.9 Å². The smallest absolute Gasteiger partial charge is 0.256 e. The number of ether oxygens (including phenoxy) is 3. The SMILES string of the molecule is COc1cc(-c2c(NC(=O)c3ccccc3C)sc3ccccc3c2=O)cc(OC)c1OC. The van der Waals surface area contributed by atoms with Crippen molar-refractivity contribution in [2.45, 2.75) is 6.92 Å². The highest BCUT2D eigenvalue weighted by atomic mass is 32.1. The second-order valence-electron chi connectivity index (χ2n) is 7.31. The molecule has 0 radical (unpaired) electrons. The molecule has 1 heterocycles. The standard InChI is InChI=1S/C26H23NO5S/c1-15-9-5-6-10-17(15)25(29)27-26-22(23(28)18-11-7-8-12-21(18)33-26)16-13-19(30-2)24(32-4)20(14-16)31-3/h5-14H,1-4H3,(H,27,29). The van der Waals surface area contributed by atoms with Gasteiger partial charge in [0.1, 0.15) is 5.00 Å². The lowest BCUT2D eigenvalue weighted by Gasteiger charge is -2.16. The summed E-state index contributed by atoms with van der Waals surface area (Å²) >= 11 is 1.34. The molecule has 0 spiro atoms. The Kier molecular flexibility index (Phi) is 6.33. The van der Waals surface area contributed by atoms with Crippen LogP contribution in [-0.2, 0) is 0 Å². The molecule has 4 aromatic rings. The lowest BCUT2D eigenvalue weighted by atomic mass is 10.0. The highest BCUT2D eigenvalue weighted by molar-refractivity contribution is 7.22. The summed E-state index contributed by atoms with van der Waals surface area (Å²) in [6, 6.07) is 18.1. The maximum atomic E-state index is 13.6. The first-order chi connectivity index (χ1) is 16.0. The van der Waals surface area contributed by atoms with Crippen LogP contribution in [0.15, 0.2) is 65.5 Å². The van der Waals surface area contributed by atoms with E-state index in [4.69, 9.17) is 14.2 Å². The Bertz CT molecular complexity index is 1380. The molecule has 0 aliphatic rings. The van der Waals surface area contributed by atoms with Gasteiger partial charge >= 0.3 is 0 Å². The van der Waals surface area contributed by atoms with Crippen LogP contribution in [-0.4, -0.2) is 27.2 Å². The van der Waals surface area contributed by atoms with Crippen LogP contribution in [0.2, 0.25) is 0 Å². The van der Waals surface area contributed by atoms with Gasteiger partial charge in [0, 0.05) is 15.6 Å². The zero-order valence-electron chi connectivity index (χ0n) is 18.7. The van der Waals surface area contributed by atoms with E-state index in [-0.39, 0.29) is 11.3 Å². The van der Waals surface area contributed by atoms with Crippen molar-refractivity contribution in [2.75, 3.05) is 26.6 Å². The van der Waals surface area contributed by atoms with E-state index in [9.17, 15) is 9.59 Å². The maximum absolute atomic E-state index is 13.6. The summed E-state index contributed by atoms with van der Waals surface area (Å²) < 4.78 is 17.2. The van der Waals surface area contributed by atoms with Crippen LogP contribution in [0.25, 0.3) is 21.2 Å². The van der Waals surface area contributed by atoms with Gasteiger partial charge < -0.3 is 19.5 Å². The van der Waals surface area contributed by atoms with Gasteiger partial charge in [-0.2, -0.15) is 0 Å². The fourth-order valence-electron chi connectivity index (χ4n) is 3.72. The number of methoxy groups -OCH3 is 3. The minimum Gasteiger partial charge on any atom is -0.493 e. The number of hydrogen-bond donors (Lipinski definition) is 1. The Morgan fingerprint density at radius 2 is 1.52 bits per heavy atom. The van der Waals surface area contributed by atoms with Gasteiger partial charge in [-0.3, -0.25) is 9.59 Å². The molecule has 4 rings (SSSR count). The van der Waals surface area contributed by atoms with E-state index in [2.05, 4.69) is 5.32 Å². The third-order valence-corrected chi connectivity index (χ3v) is 6.45. The topological polar surface area (TPSA) is 73.9 Å². The highest BCUT2D eigenvalue weighted by Gasteiger charge is 2.21. The number of carbonyl (C=O) groups excluding carboxylic acids is 1. The van der Waals surface area contributed by atoms with E-state index in [1.165, 1.54) is 32.7 Å². The summed E-state index contributed by atoms with van der Waals surface area (Å²) in [5.41, 5.74) is 2.11. The van der Waals surface area contributed by atoms with Crippen molar-refractivity contribution in [3.63, 3.8) is 0 Å². The van der Waals surface area contributed by atoms with Crippen molar-refractivity contribution < 1.29 is 19.0 Å². The van der Waals surface area contributed by atoms with E-state index in [0.717, 1.165) is 10.3 Å². The van der Waals surface area contributed by atoms with Crippen LogP contribution in [0, 0.1) is 6.92 Å². The number of rotatable bonds is 6. The molecule has 0 aliphatic heterocycles. The first-order valence-electron chi connectivity index (χ1n) is 10.2. The molecular formula is C26H23NO5S. The van der Waals surface area contributed by atoms with E-state index in [1.54, 1.807) is 24.3 Å². The van der Waals surface area contributed by atoms with E-state index in [0.29, 0.717) is 44.3 Å². The van der Waals surface area contributed by atoms with Gasteiger partial charge in [0.2, 0.25) is 5.75 Å². The van der Waals surface area contributed by atoms with Crippen molar-refractivity contribution in [2.24, 2.45) is 0 Å². The third kappa shape index (κ3) is 4.15. The number of aryl methyl sites for hydroxylation is 1. The quantitative estimate of drug-likeness (QED) is 0.410. The van der Waals surface area contributed by atoms with Crippen LogP contribution in [0.3, 0.4) is 0 Å². The minimum absolute atomic E-state index is 0.196. The zero-order valence-corrected chi connectivity index (χ0v) is 19.5. The van der Waals surface area contributed by atoms with Gasteiger partial charge in [0.15, 0.2) is 16.9 Å². The Hall–Kier alpha value is -3.84. The number of carbonyl (C=O) groups is 1. The van der Waals surface area contributed by atoms with Crippen LogP contribution >= 0.6 is 11.3 Å². The molecule has 168 valence electrons. The van der Waals surface area contributed by atoms with Crippen LogP contribution in [0.4, 0.5) is 5.00 Å². The lowest BCUT2D eigenvalue weighted by molar-refractivity contribution is 0.102. The molecule has 7 heteroatoms. The van der Waals surface area contributed by atoms with Crippen molar-refractivity contribution >= 4 is 32.3 Å². The van der Waals surface area contributed by atoms with Crippen LogP contribution < -0.4 is 25.0 Å². The summed E-state index contributed by atoms with van der Waals surface area (Å²) in [4.78, 5) is 26.8. The molecule has 0 bridgehead atoms. The Morgan fingerprint density at radius 3 is 2.15 bits per heavy atom. The summed E-state index contributed by atoms with van der Waals surface area (Å²) in [7, 11) is 4.55. The molecule has 0 fully saturated rings. The largest absolute Gasteiger partial charge is 0.493 e. The van der Waals surface area contributed by atoms with Crippen LogP contribution in [0.5, 0.6) is 17.2 Å². The summed E-state index contributed by atoms with van der Waals surface area (Å²) in [5, 5.41) is 3.98. The molecule has 1 amide bonds. The molecule has 0 saturated carbocycles. The summed E-state index contributed by atoms with van der Waals surface area (Å²) in [6.45, 7) is 1.87. The molecule has 0 unspecified atom stereocenters.